The number of nitrogens with zero attached hydrogens (tertiary/aromatic N) is 1. The lowest BCUT2D eigenvalue weighted by Gasteiger charge is -2.30. The molecule has 1 heterocycles. The van der Waals surface area contributed by atoms with Crippen LogP contribution in [0.1, 0.15) is 20.8 Å². The first-order chi connectivity index (χ1) is 6.91. The molecular formula is C11H21NO2S. The summed E-state index contributed by atoms with van der Waals surface area (Å²) in [6.45, 7) is 7.23. The molecule has 0 bridgehead atoms. The molecule has 0 spiro atoms. The number of aliphatic hydroxyl groups is 1. The highest BCUT2D eigenvalue weighted by atomic mass is 32.2. The Bertz CT molecular complexity index is 245. The van der Waals surface area contributed by atoms with E-state index in [4.69, 9.17) is 0 Å². The van der Waals surface area contributed by atoms with Crippen molar-refractivity contribution >= 4 is 17.7 Å². The molecule has 0 aliphatic carbocycles. The molecule has 2 atom stereocenters. The zero-order valence-corrected chi connectivity index (χ0v) is 10.8. The number of β-amino-alcohol motifs (C(OH)–C–C–N with tert-alkyl or cyclic N) is 1. The minimum Gasteiger partial charge on any atom is -0.387 e. The van der Waals surface area contributed by atoms with Crippen molar-refractivity contribution in [1.29, 1.82) is 0 Å². The third-order valence-corrected chi connectivity index (χ3v) is 3.95. The number of carbonyl (C=O) groups excluding carboxylic acids is 1. The van der Waals surface area contributed by atoms with Gasteiger partial charge in [-0.25, -0.2) is 0 Å². The fourth-order valence-corrected chi connectivity index (χ4v) is 2.60. The number of hydrogen-bond donors (Lipinski definition) is 1. The highest BCUT2D eigenvalue weighted by Crippen LogP contribution is 2.33. The van der Waals surface area contributed by atoms with E-state index in [0.717, 1.165) is 0 Å². The lowest BCUT2D eigenvalue weighted by Crippen LogP contribution is -2.43. The monoisotopic (exact) mass is 231 g/mol. The highest BCUT2D eigenvalue weighted by molar-refractivity contribution is 7.99. The summed E-state index contributed by atoms with van der Waals surface area (Å²) in [6.07, 6.45) is 1.92. The van der Waals surface area contributed by atoms with Gasteiger partial charge in [-0.05, 0) is 12.2 Å². The summed E-state index contributed by atoms with van der Waals surface area (Å²) in [5.41, 5.74) is -0.700. The number of likely N-dealkylation sites (tertiary alicyclic amines) is 1. The van der Waals surface area contributed by atoms with Crippen molar-refractivity contribution in [3.63, 3.8) is 0 Å². The average Bonchev–Trinajstić information content (AvgIpc) is 2.45. The zero-order chi connectivity index (χ0) is 11.6. The predicted molar refractivity (Wildman–Crippen MR) is 63.9 cm³/mol. The van der Waals surface area contributed by atoms with Gasteiger partial charge in [0.25, 0.3) is 0 Å². The van der Waals surface area contributed by atoms with Crippen LogP contribution >= 0.6 is 11.8 Å². The van der Waals surface area contributed by atoms with Crippen molar-refractivity contribution in [2.75, 3.05) is 25.1 Å². The summed E-state index contributed by atoms with van der Waals surface area (Å²) in [6, 6.07) is 0. The molecule has 1 saturated heterocycles. The highest BCUT2D eigenvalue weighted by Gasteiger charge is 2.46. The minimum atomic E-state index is -0.700. The molecule has 3 nitrogen and oxygen atoms in total. The molecule has 0 aromatic rings. The summed E-state index contributed by atoms with van der Waals surface area (Å²) in [4.78, 5) is 13.5. The standard InChI is InChI=1S/C11H21NO2S/c1-8(2)11(14)7-12(5-9(11)3)10(13)6-15-4/h8-9,14H,5-7H2,1-4H3/t9-,11-/m1/s1. The van der Waals surface area contributed by atoms with E-state index in [9.17, 15) is 9.90 Å². The smallest absolute Gasteiger partial charge is 0.232 e. The molecule has 1 N–H and O–H groups in total. The van der Waals surface area contributed by atoms with Gasteiger partial charge in [-0.15, -0.1) is 0 Å². The van der Waals surface area contributed by atoms with Crippen molar-refractivity contribution in [3.8, 4) is 0 Å². The van der Waals surface area contributed by atoms with Crippen LogP contribution in [0.3, 0.4) is 0 Å². The maximum atomic E-state index is 11.7. The third kappa shape index (κ3) is 2.48. The van der Waals surface area contributed by atoms with Gasteiger partial charge < -0.3 is 10.0 Å². The van der Waals surface area contributed by atoms with Crippen molar-refractivity contribution < 1.29 is 9.90 Å². The summed E-state index contributed by atoms with van der Waals surface area (Å²) in [5, 5.41) is 10.4. The lowest BCUT2D eigenvalue weighted by atomic mass is 9.82. The molecule has 0 aromatic heterocycles. The van der Waals surface area contributed by atoms with Crippen LogP contribution in [-0.2, 0) is 4.79 Å². The topological polar surface area (TPSA) is 40.5 Å². The normalized spacial score (nSPS) is 31.3. The minimum absolute atomic E-state index is 0.144. The first kappa shape index (κ1) is 12.8. The zero-order valence-electron chi connectivity index (χ0n) is 9.99. The van der Waals surface area contributed by atoms with Crippen LogP contribution in [0.15, 0.2) is 0 Å². The number of thioether (sulfide) groups is 1. The Morgan fingerprint density at radius 3 is 2.67 bits per heavy atom. The molecule has 1 aliphatic rings. The summed E-state index contributed by atoms with van der Waals surface area (Å²) >= 11 is 1.53. The van der Waals surface area contributed by atoms with Crippen molar-refractivity contribution in [3.05, 3.63) is 0 Å². The molecule has 0 aromatic carbocycles. The van der Waals surface area contributed by atoms with E-state index in [2.05, 4.69) is 0 Å². The Hall–Kier alpha value is -0.220. The van der Waals surface area contributed by atoms with Gasteiger partial charge in [0.15, 0.2) is 0 Å². The fourth-order valence-electron chi connectivity index (χ4n) is 2.17. The molecule has 0 unspecified atom stereocenters. The first-order valence-corrected chi connectivity index (χ1v) is 6.80. The molecule has 15 heavy (non-hydrogen) atoms. The maximum absolute atomic E-state index is 11.7. The first-order valence-electron chi connectivity index (χ1n) is 5.41. The van der Waals surface area contributed by atoms with Gasteiger partial charge in [0, 0.05) is 19.0 Å². The number of hydrogen-bond acceptors (Lipinski definition) is 3. The van der Waals surface area contributed by atoms with Crippen LogP contribution in [0.4, 0.5) is 0 Å². The van der Waals surface area contributed by atoms with Crippen molar-refractivity contribution in [2.24, 2.45) is 11.8 Å². The Labute approximate surface area is 96.2 Å². The van der Waals surface area contributed by atoms with Crippen LogP contribution < -0.4 is 0 Å². The van der Waals surface area contributed by atoms with Crippen LogP contribution in [0.25, 0.3) is 0 Å². The third-order valence-electron chi connectivity index (χ3n) is 3.41. The molecule has 1 aliphatic heterocycles. The Morgan fingerprint density at radius 2 is 2.27 bits per heavy atom. The van der Waals surface area contributed by atoms with E-state index in [1.54, 1.807) is 4.90 Å². The number of carbonyl (C=O) groups is 1. The quantitative estimate of drug-likeness (QED) is 0.794. The fraction of sp³-hybridized carbons (Fsp3) is 0.909. The summed E-state index contributed by atoms with van der Waals surface area (Å²) in [5.74, 6) is 1.02. The molecule has 0 saturated carbocycles. The van der Waals surface area contributed by atoms with Gasteiger partial charge in [0.2, 0.25) is 5.91 Å². The van der Waals surface area contributed by atoms with Gasteiger partial charge in [0.05, 0.1) is 11.4 Å². The van der Waals surface area contributed by atoms with Crippen LogP contribution in [-0.4, -0.2) is 46.6 Å². The SMILES string of the molecule is CSCC(=O)N1C[C@@H](C)[C@](O)(C(C)C)C1. The Kier molecular flexibility index (Phi) is 4.06. The van der Waals surface area contributed by atoms with Crippen LogP contribution in [0.2, 0.25) is 0 Å². The molecule has 88 valence electrons. The van der Waals surface area contributed by atoms with Crippen LogP contribution in [0.5, 0.6) is 0 Å². The molecule has 1 amide bonds. The average molecular weight is 231 g/mol. The molecule has 0 radical (unpaired) electrons. The van der Waals surface area contributed by atoms with Gasteiger partial charge in [0.1, 0.15) is 0 Å². The van der Waals surface area contributed by atoms with E-state index in [1.165, 1.54) is 11.8 Å². The van der Waals surface area contributed by atoms with E-state index < -0.39 is 5.60 Å². The van der Waals surface area contributed by atoms with E-state index in [-0.39, 0.29) is 17.7 Å². The molecular weight excluding hydrogens is 210 g/mol. The second-order valence-electron chi connectivity index (χ2n) is 4.75. The lowest BCUT2D eigenvalue weighted by molar-refractivity contribution is -0.128. The second kappa shape index (κ2) is 4.74. The van der Waals surface area contributed by atoms with Gasteiger partial charge in [-0.2, -0.15) is 11.8 Å². The van der Waals surface area contributed by atoms with E-state index >= 15 is 0 Å². The number of amides is 1. The van der Waals surface area contributed by atoms with Crippen molar-refractivity contribution in [1.82, 2.24) is 4.90 Å². The van der Waals surface area contributed by atoms with E-state index in [0.29, 0.717) is 18.8 Å². The summed E-state index contributed by atoms with van der Waals surface area (Å²) in [7, 11) is 0. The maximum Gasteiger partial charge on any atom is 0.232 e. The summed E-state index contributed by atoms with van der Waals surface area (Å²) < 4.78 is 0. The second-order valence-corrected chi connectivity index (χ2v) is 5.62. The predicted octanol–water partition coefficient (Wildman–Crippen LogP) is 1.21. The molecule has 1 fully saturated rings. The van der Waals surface area contributed by atoms with Gasteiger partial charge in [-0.3, -0.25) is 4.79 Å². The van der Waals surface area contributed by atoms with Gasteiger partial charge >= 0.3 is 0 Å². The molecule has 1 rings (SSSR count). The largest absolute Gasteiger partial charge is 0.387 e. The molecule has 4 heteroatoms. The number of rotatable bonds is 3. The Morgan fingerprint density at radius 1 is 1.67 bits per heavy atom. The van der Waals surface area contributed by atoms with Crippen molar-refractivity contribution in [2.45, 2.75) is 26.4 Å². The van der Waals surface area contributed by atoms with E-state index in [1.807, 2.05) is 27.0 Å². The van der Waals surface area contributed by atoms with Gasteiger partial charge in [-0.1, -0.05) is 20.8 Å². The Balaban J connectivity index is 2.67. The van der Waals surface area contributed by atoms with Crippen LogP contribution in [0, 0.1) is 11.8 Å².